The Hall–Kier alpha value is -1.61. The van der Waals surface area contributed by atoms with E-state index in [1.807, 2.05) is 6.07 Å². The fourth-order valence-electron chi connectivity index (χ4n) is 1.33. The number of pyridine rings is 1. The van der Waals surface area contributed by atoms with Gasteiger partial charge in [0.15, 0.2) is 0 Å². The molecule has 0 atom stereocenters. The number of aromatic nitrogens is 1. The van der Waals surface area contributed by atoms with Gasteiger partial charge in [0, 0.05) is 22.8 Å². The molecule has 0 fully saturated rings. The van der Waals surface area contributed by atoms with Crippen LogP contribution in [0.2, 0.25) is 0 Å². The van der Waals surface area contributed by atoms with Gasteiger partial charge in [0.1, 0.15) is 6.54 Å². The first kappa shape index (κ1) is 13.5. The summed E-state index contributed by atoms with van der Waals surface area (Å²) in [4.78, 5) is 23.2. The van der Waals surface area contributed by atoms with Crippen molar-refractivity contribution in [2.45, 2.75) is 19.9 Å². The molecule has 0 saturated carbocycles. The average Bonchev–Trinajstić information content (AvgIpc) is 2.25. The first-order valence-corrected chi connectivity index (χ1v) is 5.84. The summed E-state index contributed by atoms with van der Waals surface area (Å²) in [7, 11) is 0. The molecule has 17 heavy (non-hydrogen) atoms. The SMILES string of the molecule is Cc1cc(Br)cn(CC(=O)NCCC#N)c1=O. The number of amides is 1. The molecule has 1 rings (SSSR count). The normalized spacial score (nSPS) is 9.71. The fraction of sp³-hybridized carbons (Fsp3) is 0.364. The smallest absolute Gasteiger partial charge is 0.253 e. The van der Waals surface area contributed by atoms with E-state index in [-0.39, 0.29) is 24.4 Å². The number of nitrogens with one attached hydrogen (secondary N) is 1. The standard InChI is InChI=1S/C11H12BrN3O2/c1-8-5-9(12)6-15(11(8)17)7-10(16)14-4-2-3-13/h5-6H,2,4,7H2,1H3,(H,14,16). The quantitative estimate of drug-likeness (QED) is 0.841. The van der Waals surface area contributed by atoms with E-state index < -0.39 is 0 Å². The number of halogens is 1. The van der Waals surface area contributed by atoms with Crippen molar-refractivity contribution in [1.82, 2.24) is 9.88 Å². The van der Waals surface area contributed by atoms with E-state index in [0.717, 1.165) is 4.47 Å². The Labute approximate surface area is 107 Å². The van der Waals surface area contributed by atoms with Crippen molar-refractivity contribution in [2.24, 2.45) is 0 Å². The van der Waals surface area contributed by atoms with Gasteiger partial charge in [-0.2, -0.15) is 5.26 Å². The first-order chi connectivity index (χ1) is 8.04. The largest absolute Gasteiger partial charge is 0.354 e. The lowest BCUT2D eigenvalue weighted by atomic mass is 10.3. The molecule has 0 unspecified atom stereocenters. The van der Waals surface area contributed by atoms with E-state index in [1.54, 1.807) is 19.2 Å². The summed E-state index contributed by atoms with van der Waals surface area (Å²) in [6, 6.07) is 3.63. The highest BCUT2D eigenvalue weighted by Gasteiger charge is 2.06. The highest BCUT2D eigenvalue weighted by Crippen LogP contribution is 2.07. The maximum atomic E-state index is 11.7. The second-order valence-electron chi connectivity index (χ2n) is 3.53. The summed E-state index contributed by atoms with van der Waals surface area (Å²) >= 11 is 3.27. The minimum Gasteiger partial charge on any atom is -0.354 e. The molecular weight excluding hydrogens is 286 g/mol. The molecule has 1 aromatic heterocycles. The third-order valence-corrected chi connectivity index (χ3v) is 2.54. The van der Waals surface area contributed by atoms with Crippen LogP contribution in [0, 0.1) is 18.3 Å². The lowest BCUT2D eigenvalue weighted by Crippen LogP contribution is -2.33. The maximum absolute atomic E-state index is 11.7. The lowest BCUT2D eigenvalue weighted by Gasteiger charge is -2.07. The number of carbonyl (C=O) groups excluding carboxylic acids is 1. The molecule has 1 aromatic rings. The predicted octanol–water partition coefficient (Wildman–Crippen LogP) is 0.949. The molecule has 1 heterocycles. The minimum absolute atomic E-state index is 0.0372. The topological polar surface area (TPSA) is 74.9 Å². The van der Waals surface area contributed by atoms with Gasteiger partial charge in [0.05, 0.1) is 12.5 Å². The predicted molar refractivity (Wildman–Crippen MR) is 66.4 cm³/mol. The molecule has 0 saturated heterocycles. The Morgan fingerprint density at radius 2 is 2.35 bits per heavy atom. The Morgan fingerprint density at radius 1 is 1.65 bits per heavy atom. The second-order valence-corrected chi connectivity index (χ2v) is 4.45. The molecule has 0 bridgehead atoms. The van der Waals surface area contributed by atoms with Crippen LogP contribution in [0.5, 0.6) is 0 Å². The van der Waals surface area contributed by atoms with Crippen LogP contribution in [0.3, 0.4) is 0 Å². The Morgan fingerprint density at radius 3 is 3.00 bits per heavy atom. The van der Waals surface area contributed by atoms with Gasteiger partial charge in [-0.25, -0.2) is 0 Å². The zero-order chi connectivity index (χ0) is 12.8. The van der Waals surface area contributed by atoms with E-state index in [4.69, 9.17) is 5.26 Å². The van der Waals surface area contributed by atoms with E-state index in [9.17, 15) is 9.59 Å². The second kappa shape index (κ2) is 6.21. The fourth-order valence-corrected chi connectivity index (χ4v) is 1.92. The molecule has 0 aromatic carbocycles. The van der Waals surface area contributed by atoms with Crippen molar-refractivity contribution < 1.29 is 4.79 Å². The van der Waals surface area contributed by atoms with E-state index >= 15 is 0 Å². The Kier molecular flexibility index (Phi) is 4.91. The third-order valence-electron chi connectivity index (χ3n) is 2.10. The van der Waals surface area contributed by atoms with Gasteiger partial charge in [0.25, 0.3) is 5.56 Å². The molecule has 0 radical (unpaired) electrons. The van der Waals surface area contributed by atoms with Gasteiger partial charge in [-0.1, -0.05) is 0 Å². The lowest BCUT2D eigenvalue weighted by molar-refractivity contribution is -0.121. The van der Waals surface area contributed by atoms with Gasteiger partial charge in [-0.15, -0.1) is 0 Å². The molecule has 0 aliphatic carbocycles. The molecule has 6 heteroatoms. The Balaban J connectivity index is 2.72. The van der Waals surface area contributed by atoms with Crippen molar-refractivity contribution in [2.75, 3.05) is 6.54 Å². The van der Waals surface area contributed by atoms with Crippen LogP contribution in [0.1, 0.15) is 12.0 Å². The number of carbonyl (C=O) groups is 1. The van der Waals surface area contributed by atoms with Crippen LogP contribution >= 0.6 is 15.9 Å². The molecule has 1 amide bonds. The summed E-state index contributed by atoms with van der Waals surface area (Å²) in [5.74, 6) is -0.278. The van der Waals surface area contributed by atoms with Crippen molar-refractivity contribution in [1.29, 1.82) is 5.26 Å². The molecule has 5 nitrogen and oxygen atoms in total. The zero-order valence-corrected chi connectivity index (χ0v) is 11.0. The molecular formula is C11H12BrN3O2. The number of nitrogens with zero attached hydrogens (tertiary/aromatic N) is 2. The van der Waals surface area contributed by atoms with E-state index in [0.29, 0.717) is 12.1 Å². The Bertz CT molecular complexity index is 516. The van der Waals surface area contributed by atoms with E-state index in [1.165, 1.54) is 4.57 Å². The zero-order valence-electron chi connectivity index (χ0n) is 9.36. The third kappa shape index (κ3) is 4.04. The first-order valence-electron chi connectivity index (χ1n) is 5.05. The highest BCUT2D eigenvalue weighted by molar-refractivity contribution is 9.10. The number of hydrogen-bond acceptors (Lipinski definition) is 3. The summed E-state index contributed by atoms with van der Waals surface area (Å²) in [5, 5.41) is 10.9. The van der Waals surface area contributed by atoms with Crippen LogP contribution < -0.4 is 10.9 Å². The molecule has 0 aliphatic rings. The molecule has 0 aliphatic heterocycles. The monoisotopic (exact) mass is 297 g/mol. The summed E-state index contributed by atoms with van der Waals surface area (Å²) in [6.45, 7) is 1.96. The van der Waals surface area contributed by atoms with Crippen LogP contribution in [0.4, 0.5) is 0 Å². The van der Waals surface area contributed by atoms with Gasteiger partial charge in [-0.3, -0.25) is 9.59 Å². The number of rotatable bonds is 4. The number of hydrogen-bond donors (Lipinski definition) is 1. The van der Waals surface area contributed by atoms with Crippen LogP contribution in [0.15, 0.2) is 21.5 Å². The van der Waals surface area contributed by atoms with Gasteiger partial charge in [0.2, 0.25) is 5.91 Å². The summed E-state index contributed by atoms with van der Waals surface area (Å²) in [6.07, 6.45) is 1.83. The number of nitriles is 1. The van der Waals surface area contributed by atoms with Gasteiger partial charge in [-0.05, 0) is 28.9 Å². The minimum atomic E-state index is -0.278. The highest BCUT2D eigenvalue weighted by atomic mass is 79.9. The number of aryl methyl sites for hydroxylation is 1. The van der Waals surface area contributed by atoms with Crippen molar-refractivity contribution >= 4 is 21.8 Å². The van der Waals surface area contributed by atoms with Crippen molar-refractivity contribution in [3.63, 3.8) is 0 Å². The van der Waals surface area contributed by atoms with Crippen molar-refractivity contribution in [3.8, 4) is 6.07 Å². The van der Waals surface area contributed by atoms with Gasteiger partial charge >= 0.3 is 0 Å². The molecule has 90 valence electrons. The van der Waals surface area contributed by atoms with E-state index in [2.05, 4.69) is 21.2 Å². The maximum Gasteiger partial charge on any atom is 0.253 e. The average molecular weight is 298 g/mol. The van der Waals surface area contributed by atoms with Gasteiger partial charge < -0.3 is 9.88 Å². The molecule has 0 spiro atoms. The summed E-state index contributed by atoms with van der Waals surface area (Å²) < 4.78 is 2.08. The van der Waals surface area contributed by atoms with Crippen molar-refractivity contribution in [3.05, 3.63) is 32.7 Å². The van der Waals surface area contributed by atoms with Crippen LogP contribution in [0.25, 0.3) is 0 Å². The molecule has 1 N–H and O–H groups in total. The van der Waals surface area contributed by atoms with Crippen LogP contribution in [-0.4, -0.2) is 17.0 Å². The van der Waals surface area contributed by atoms with Crippen LogP contribution in [-0.2, 0) is 11.3 Å². The summed E-state index contributed by atoms with van der Waals surface area (Å²) in [5.41, 5.74) is 0.382.